The Labute approximate surface area is 148 Å². The lowest BCUT2D eigenvalue weighted by atomic mass is 10.2. The monoisotopic (exact) mass is 363 g/mol. The minimum Gasteiger partial charge on any atom is -0.370 e. The number of hydrogen-bond acceptors (Lipinski definition) is 5. The fourth-order valence-corrected chi connectivity index (χ4v) is 2.87. The highest BCUT2D eigenvalue weighted by Crippen LogP contribution is 2.20. The molecule has 7 nitrogen and oxygen atoms in total. The van der Waals surface area contributed by atoms with Crippen molar-refractivity contribution in [3.63, 3.8) is 0 Å². The Morgan fingerprint density at radius 1 is 1.36 bits per heavy atom. The fraction of sp³-hybridized carbons (Fsp3) is 0.250. The van der Waals surface area contributed by atoms with Gasteiger partial charge in [0.2, 0.25) is 11.8 Å². The van der Waals surface area contributed by atoms with Crippen LogP contribution >= 0.6 is 11.8 Å². The first kappa shape index (κ1) is 18.7. The van der Waals surface area contributed by atoms with Gasteiger partial charge in [-0.1, -0.05) is 17.8 Å². The molecule has 25 heavy (non-hydrogen) atoms. The van der Waals surface area contributed by atoms with Crippen molar-refractivity contribution >= 4 is 29.3 Å². The van der Waals surface area contributed by atoms with Crippen LogP contribution < -0.4 is 10.6 Å². The molecule has 0 bridgehead atoms. The number of anilines is 1. The van der Waals surface area contributed by atoms with Gasteiger partial charge in [0.05, 0.1) is 5.75 Å². The molecular formula is C16H18FN5O2S. The van der Waals surface area contributed by atoms with Crippen LogP contribution in [-0.2, 0) is 16.1 Å². The molecule has 0 radical (unpaired) electrons. The van der Waals surface area contributed by atoms with Crippen LogP contribution in [0.2, 0.25) is 0 Å². The summed E-state index contributed by atoms with van der Waals surface area (Å²) in [6.45, 7) is 4.31. The average molecular weight is 363 g/mol. The second-order valence-electron chi connectivity index (χ2n) is 5.08. The van der Waals surface area contributed by atoms with E-state index in [9.17, 15) is 14.0 Å². The number of carbonyl (C=O) groups is 2. The topological polar surface area (TPSA) is 94.1 Å². The summed E-state index contributed by atoms with van der Waals surface area (Å²) in [5.74, 6) is -1.08. The van der Waals surface area contributed by atoms with E-state index in [1.807, 2.05) is 0 Å². The molecule has 0 aliphatic carbocycles. The number of amides is 2. The zero-order chi connectivity index (χ0) is 18.2. The lowest BCUT2D eigenvalue weighted by Gasteiger charge is -2.22. The van der Waals surface area contributed by atoms with E-state index in [0.717, 1.165) is 0 Å². The molecule has 1 aromatic carbocycles. The van der Waals surface area contributed by atoms with Crippen molar-refractivity contribution in [2.45, 2.75) is 18.1 Å². The molecule has 0 aliphatic rings. The molecule has 2 rings (SSSR count). The summed E-state index contributed by atoms with van der Waals surface area (Å²) in [7, 11) is 0. The van der Waals surface area contributed by atoms with Gasteiger partial charge in [-0.15, -0.1) is 16.8 Å². The van der Waals surface area contributed by atoms with Crippen LogP contribution in [0.5, 0.6) is 0 Å². The molecule has 9 heteroatoms. The van der Waals surface area contributed by atoms with Crippen LogP contribution in [0.15, 0.2) is 48.4 Å². The van der Waals surface area contributed by atoms with Crippen molar-refractivity contribution < 1.29 is 14.0 Å². The number of nitrogens with two attached hydrogens (primary N) is 1. The SMILES string of the molecule is C=CCn1cnnc1SCC(=O)N(CCC(N)=O)c1ccc(F)cc1. The van der Waals surface area contributed by atoms with Gasteiger partial charge < -0.3 is 15.2 Å². The molecule has 0 saturated heterocycles. The Balaban J connectivity index is 2.08. The molecule has 2 amide bonds. The Morgan fingerprint density at radius 2 is 2.08 bits per heavy atom. The molecule has 2 N–H and O–H groups in total. The number of rotatable bonds is 9. The third-order valence-electron chi connectivity index (χ3n) is 3.25. The summed E-state index contributed by atoms with van der Waals surface area (Å²) >= 11 is 1.22. The van der Waals surface area contributed by atoms with Crippen LogP contribution in [0, 0.1) is 5.82 Å². The summed E-state index contributed by atoms with van der Waals surface area (Å²) in [6.07, 6.45) is 3.27. The zero-order valence-electron chi connectivity index (χ0n) is 13.5. The van der Waals surface area contributed by atoms with Crippen LogP contribution in [0.1, 0.15) is 6.42 Å². The van der Waals surface area contributed by atoms with Crippen LogP contribution in [-0.4, -0.2) is 38.9 Å². The zero-order valence-corrected chi connectivity index (χ0v) is 14.3. The molecule has 0 saturated carbocycles. The van der Waals surface area contributed by atoms with E-state index in [1.54, 1.807) is 17.0 Å². The molecule has 0 unspecified atom stereocenters. The van der Waals surface area contributed by atoms with Gasteiger partial charge in [0.25, 0.3) is 0 Å². The number of hydrogen-bond donors (Lipinski definition) is 1. The first-order valence-corrected chi connectivity index (χ1v) is 8.45. The van der Waals surface area contributed by atoms with Gasteiger partial charge in [-0.3, -0.25) is 9.59 Å². The highest BCUT2D eigenvalue weighted by molar-refractivity contribution is 7.99. The van der Waals surface area contributed by atoms with Crippen LogP contribution in [0.4, 0.5) is 10.1 Å². The summed E-state index contributed by atoms with van der Waals surface area (Å²) in [5.41, 5.74) is 5.68. The fourth-order valence-electron chi connectivity index (χ4n) is 2.07. The highest BCUT2D eigenvalue weighted by atomic mass is 32.2. The molecule has 132 valence electrons. The van der Waals surface area contributed by atoms with Gasteiger partial charge in [-0.25, -0.2) is 4.39 Å². The Kier molecular flexibility index (Phi) is 6.70. The van der Waals surface area contributed by atoms with Crippen molar-refractivity contribution in [1.29, 1.82) is 0 Å². The highest BCUT2D eigenvalue weighted by Gasteiger charge is 2.18. The van der Waals surface area contributed by atoms with Crippen LogP contribution in [0.25, 0.3) is 0 Å². The van der Waals surface area contributed by atoms with Crippen molar-refractivity contribution in [3.8, 4) is 0 Å². The average Bonchev–Trinajstić information content (AvgIpc) is 3.02. The number of nitrogens with zero attached hydrogens (tertiary/aromatic N) is 4. The molecule has 0 fully saturated rings. The van der Waals surface area contributed by atoms with Crippen molar-refractivity contribution in [3.05, 3.63) is 49.1 Å². The number of carbonyl (C=O) groups excluding carboxylic acids is 2. The Bertz CT molecular complexity index is 747. The van der Waals surface area contributed by atoms with Crippen molar-refractivity contribution in [2.75, 3.05) is 17.2 Å². The van der Waals surface area contributed by atoms with E-state index in [2.05, 4.69) is 16.8 Å². The first-order valence-electron chi connectivity index (χ1n) is 7.47. The standard InChI is InChI=1S/C16H18FN5O2S/c1-2-8-21-11-19-20-16(21)25-10-15(24)22(9-7-14(18)23)13-5-3-12(17)4-6-13/h2-6,11H,1,7-10H2,(H2,18,23). The molecule has 0 atom stereocenters. The maximum absolute atomic E-state index is 13.1. The number of thioether (sulfide) groups is 1. The van der Waals surface area contributed by atoms with Gasteiger partial charge in [0.15, 0.2) is 5.16 Å². The van der Waals surface area contributed by atoms with Gasteiger partial charge >= 0.3 is 0 Å². The molecule has 2 aromatic rings. The van der Waals surface area contributed by atoms with E-state index in [-0.39, 0.29) is 24.6 Å². The summed E-state index contributed by atoms with van der Waals surface area (Å²) in [5, 5.41) is 8.35. The minimum absolute atomic E-state index is 0.0143. The number of allylic oxidation sites excluding steroid dienone is 1. The third-order valence-corrected chi connectivity index (χ3v) is 4.22. The molecule has 1 aromatic heterocycles. The summed E-state index contributed by atoms with van der Waals surface area (Å²) in [6, 6.07) is 5.49. The third kappa shape index (κ3) is 5.42. The Hall–Kier alpha value is -2.68. The van der Waals surface area contributed by atoms with Gasteiger partial charge in [-0.2, -0.15) is 0 Å². The maximum Gasteiger partial charge on any atom is 0.237 e. The molecule has 1 heterocycles. The number of primary amides is 1. The predicted octanol–water partition coefficient (Wildman–Crippen LogP) is 1.60. The van der Waals surface area contributed by atoms with Crippen LogP contribution in [0.3, 0.4) is 0 Å². The maximum atomic E-state index is 13.1. The van der Waals surface area contributed by atoms with E-state index in [0.29, 0.717) is 17.4 Å². The smallest absolute Gasteiger partial charge is 0.237 e. The molecule has 0 aliphatic heterocycles. The Morgan fingerprint density at radius 3 is 2.72 bits per heavy atom. The number of halogens is 1. The summed E-state index contributed by atoms with van der Waals surface area (Å²) in [4.78, 5) is 25.1. The van der Waals surface area contributed by atoms with Gasteiger partial charge in [0.1, 0.15) is 12.1 Å². The normalized spacial score (nSPS) is 10.4. The lowest BCUT2D eigenvalue weighted by Crippen LogP contribution is -2.35. The van der Waals surface area contributed by atoms with E-state index < -0.39 is 11.7 Å². The van der Waals surface area contributed by atoms with Crippen molar-refractivity contribution in [2.24, 2.45) is 5.73 Å². The van der Waals surface area contributed by atoms with E-state index in [1.165, 1.54) is 40.9 Å². The van der Waals surface area contributed by atoms with E-state index in [4.69, 9.17) is 5.73 Å². The first-order chi connectivity index (χ1) is 12.0. The minimum atomic E-state index is -0.515. The van der Waals surface area contributed by atoms with Gasteiger partial charge in [0, 0.05) is 25.2 Å². The molecule has 0 spiro atoms. The summed E-state index contributed by atoms with van der Waals surface area (Å²) < 4.78 is 14.9. The second kappa shape index (κ2) is 8.97. The lowest BCUT2D eigenvalue weighted by molar-refractivity contribution is -0.118. The second-order valence-corrected chi connectivity index (χ2v) is 6.02. The predicted molar refractivity (Wildman–Crippen MR) is 93.5 cm³/mol. The van der Waals surface area contributed by atoms with E-state index >= 15 is 0 Å². The molecular weight excluding hydrogens is 345 g/mol. The number of aromatic nitrogens is 3. The quantitative estimate of drug-likeness (QED) is 0.539. The number of benzene rings is 1. The largest absolute Gasteiger partial charge is 0.370 e. The van der Waals surface area contributed by atoms with Crippen molar-refractivity contribution in [1.82, 2.24) is 14.8 Å². The van der Waals surface area contributed by atoms with Gasteiger partial charge in [-0.05, 0) is 24.3 Å².